The number of fused-ring (bicyclic) bond motifs is 2. The van der Waals surface area contributed by atoms with Crippen molar-refractivity contribution >= 4 is 5.69 Å². The molecule has 0 atom stereocenters. The summed E-state index contributed by atoms with van der Waals surface area (Å²) >= 11 is 0. The van der Waals surface area contributed by atoms with E-state index < -0.39 is 5.41 Å². The first kappa shape index (κ1) is 38.2. The van der Waals surface area contributed by atoms with Crippen molar-refractivity contribution in [2.45, 2.75) is 5.41 Å². The third-order valence-corrected chi connectivity index (χ3v) is 12.1. The fourth-order valence-electron chi connectivity index (χ4n) is 9.07. The summed E-state index contributed by atoms with van der Waals surface area (Å²) in [5.74, 6) is 3.44. The van der Waals surface area contributed by atoms with E-state index in [-0.39, 0.29) is 0 Å². The highest BCUT2D eigenvalue weighted by atomic mass is 16.5. The normalized spacial score (nSPS) is 12.3. The van der Waals surface area contributed by atoms with Crippen LogP contribution in [0.3, 0.4) is 0 Å². The lowest BCUT2D eigenvalue weighted by Gasteiger charge is -2.41. The Hall–Kier alpha value is -8.72. The molecule has 11 rings (SSSR count). The second kappa shape index (κ2) is 16.3. The van der Waals surface area contributed by atoms with Crippen LogP contribution in [0, 0.1) is 6.57 Å². The summed E-state index contributed by atoms with van der Waals surface area (Å²) in [5.41, 5.74) is 13.4. The van der Waals surface area contributed by atoms with E-state index in [9.17, 15) is 0 Å². The first-order valence-corrected chi connectivity index (χ1v) is 21.3. The Bertz CT molecular complexity index is 3320. The van der Waals surface area contributed by atoms with Crippen LogP contribution in [0.15, 0.2) is 231 Å². The standard InChI is InChI=1S/C59H38N4O/c1-60-53-29-13-11-27-50(53)40-31-33-42(34-32-40)57-61-56(41-17-5-2-6-18-41)62-58(63-57)47-22-16-21-45(38-47)43-19-15-20-44(37-43)46-35-36-55-52(39-46)59(48-23-7-3-8-24-48,49-25-9-4-10-26-49)51-28-12-14-30-54(51)64-55/h2-39H. The molecule has 300 valence electrons. The Balaban J connectivity index is 0.989. The number of hydrogen-bond acceptors (Lipinski definition) is 4. The molecule has 2 heterocycles. The van der Waals surface area contributed by atoms with Crippen LogP contribution in [-0.4, -0.2) is 15.0 Å². The molecule has 0 fully saturated rings. The fourth-order valence-corrected chi connectivity index (χ4v) is 9.07. The Morgan fingerprint density at radius 2 is 0.781 bits per heavy atom. The van der Waals surface area contributed by atoms with Gasteiger partial charge in [0.25, 0.3) is 0 Å². The summed E-state index contributed by atoms with van der Waals surface area (Å²) in [4.78, 5) is 18.8. The van der Waals surface area contributed by atoms with Gasteiger partial charge >= 0.3 is 0 Å². The molecule has 0 radical (unpaired) electrons. The molecule has 10 aromatic rings. The van der Waals surface area contributed by atoms with Gasteiger partial charge in [-0.2, -0.15) is 0 Å². The predicted molar refractivity (Wildman–Crippen MR) is 257 cm³/mol. The highest BCUT2D eigenvalue weighted by molar-refractivity contribution is 5.81. The van der Waals surface area contributed by atoms with Crippen LogP contribution in [0.5, 0.6) is 11.5 Å². The van der Waals surface area contributed by atoms with E-state index in [1.54, 1.807) is 0 Å². The fraction of sp³-hybridized carbons (Fsp3) is 0.0169. The Kier molecular flexibility index (Phi) is 9.72. The van der Waals surface area contributed by atoms with Gasteiger partial charge in [0.15, 0.2) is 23.2 Å². The van der Waals surface area contributed by atoms with Gasteiger partial charge in [0.2, 0.25) is 0 Å². The summed E-state index contributed by atoms with van der Waals surface area (Å²) in [7, 11) is 0. The smallest absolute Gasteiger partial charge is 0.194 e. The second-order valence-electron chi connectivity index (χ2n) is 15.8. The maximum Gasteiger partial charge on any atom is 0.194 e. The van der Waals surface area contributed by atoms with Gasteiger partial charge in [-0.25, -0.2) is 19.8 Å². The van der Waals surface area contributed by atoms with Crippen LogP contribution in [0.1, 0.15) is 22.3 Å². The first-order valence-electron chi connectivity index (χ1n) is 21.3. The van der Waals surface area contributed by atoms with Crippen molar-refractivity contribution in [3.8, 4) is 79.0 Å². The zero-order valence-electron chi connectivity index (χ0n) is 34.6. The van der Waals surface area contributed by atoms with E-state index in [1.807, 2.05) is 84.9 Å². The summed E-state index contributed by atoms with van der Waals surface area (Å²) < 4.78 is 6.69. The highest BCUT2D eigenvalue weighted by Crippen LogP contribution is 2.56. The zero-order valence-corrected chi connectivity index (χ0v) is 34.6. The molecular formula is C59H38N4O. The van der Waals surface area contributed by atoms with Gasteiger partial charge in [0.1, 0.15) is 11.5 Å². The van der Waals surface area contributed by atoms with E-state index in [0.717, 1.165) is 72.7 Å². The third-order valence-electron chi connectivity index (χ3n) is 12.1. The molecule has 0 aliphatic carbocycles. The van der Waals surface area contributed by atoms with Crippen LogP contribution >= 0.6 is 0 Å². The zero-order chi connectivity index (χ0) is 42.9. The highest BCUT2D eigenvalue weighted by Gasteiger charge is 2.45. The molecule has 0 unspecified atom stereocenters. The molecule has 0 saturated carbocycles. The van der Waals surface area contributed by atoms with Crippen LogP contribution in [0.4, 0.5) is 5.69 Å². The molecule has 5 heteroatoms. The van der Waals surface area contributed by atoms with Crippen molar-refractivity contribution < 1.29 is 4.74 Å². The molecule has 5 nitrogen and oxygen atoms in total. The minimum atomic E-state index is -0.609. The van der Waals surface area contributed by atoms with Gasteiger partial charge < -0.3 is 4.74 Å². The summed E-state index contributed by atoms with van der Waals surface area (Å²) in [5, 5.41) is 0. The molecule has 0 bridgehead atoms. The predicted octanol–water partition coefficient (Wildman–Crippen LogP) is 14.9. The molecule has 1 aliphatic heterocycles. The van der Waals surface area contributed by atoms with E-state index in [4.69, 9.17) is 26.3 Å². The van der Waals surface area contributed by atoms with Gasteiger partial charge in [-0.05, 0) is 74.8 Å². The Morgan fingerprint density at radius 1 is 0.344 bits per heavy atom. The van der Waals surface area contributed by atoms with Gasteiger partial charge in [-0.3, -0.25) is 0 Å². The van der Waals surface area contributed by atoms with Gasteiger partial charge in [0.05, 0.1) is 12.0 Å². The van der Waals surface area contributed by atoms with E-state index >= 15 is 0 Å². The SMILES string of the molecule is [C-]#[N+]c1ccccc1-c1ccc(-c2nc(-c3ccccc3)nc(-c3cccc(-c4cccc(-c5ccc6c(c5)C(c5ccccc5)(c5ccccc5)c5ccccc5O6)c4)c3)n2)cc1. The summed E-state index contributed by atoms with van der Waals surface area (Å²) in [6, 6.07) is 79.4. The molecule has 0 N–H and O–H groups in total. The van der Waals surface area contributed by atoms with Gasteiger partial charge in [-0.15, -0.1) is 0 Å². The van der Waals surface area contributed by atoms with Crippen molar-refractivity contribution in [2.75, 3.05) is 0 Å². The second-order valence-corrected chi connectivity index (χ2v) is 15.8. The number of benzene rings is 9. The van der Waals surface area contributed by atoms with Gasteiger partial charge in [-0.1, -0.05) is 200 Å². The van der Waals surface area contributed by atoms with Crippen LogP contribution in [0.25, 0.3) is 72.4 Å². The average Bonchev–Trinajstić information content (AvgIpc) is 3.38. The maximum absolute atomic E-state index is 7.65. The Morgan fingerprint density at radius 3 is 1.42 bits per heavy atom. The third kappa shape index (κ3) is 6.81. The summed E-state index contributed by atoms with van der Waals surface area (Å²) in [6.45, 7) is 7.65. The number of nitrogens with zero attached hydrogens (tertiary/aromatic N) is 4. The lowest BCUT2D eigenvalue weighted by molar-refractivity contribution is 0.434. The number of ether oxygens (including phenoxy) is 1. The average molecular weight is 819 g/mol. The van der Waals surface area contributed by atoms with Crippen LogP contribution in [-0.2, 0) is 5.41 Å². The number of rotatable bonds is 8. The lowest BCUT2D eigenvalue weighted by atomic mass is 9.63. The molecular weight excluding hydrogens is 781 g/mol. The first-order chi connectivity index (χ1) is 31.7. The Labute approximate surface area is 372 Å². The van der Waals surface area contributed by atoms with E-state index in [0.29, 0.717) is 23.2 Å². The summed E-state index contributed by atoms with van der Waals surface area (Å²) in [6.07, 6.45) is 0. The number of hydrogen-bond donors (Lipinski definition) is 0. The maximum atomic E-state index is 7.65. The van der Waals surface area contributed by atoms with E-state index in [2.05, 4.69) is 150 Å². The quantitative estimate of drug-likeness (QED) is 0.143. The topological polar surface area (TPSA) is 52.3 Å². The lowest BCUT2D eigenvalue weighted by Crippen LogP contribution is -2.34. The van der Waals surface area contributed by atoms with Crippen LogP contribution < -0.4 is 4.74 Å². The largest absolute Gasteiger partial charge is 0.457 e. The number of para-hydroxylation sites is 2. The van der Waals surface area contributed by atoms with E-state index in [1.165, 1.54) is 11.1 Å². The van der Waals surface area contributed by atoms with Crippen molar-refractivity contribution in [3.05, 3.63) is 264 Å². The molecule has 0 saturated heterocycles. The molecule has 64 heavy (non-hydrogen) atoms. The molecule has 1 aliphatic rings. The monoisotopic (exact) mass is 818 g/mol. The van der Waals surface area contributed by atoms with Crippen molar-refractivity contribution in [1.29, 1.82) is 0 Å². The molecule has 1 aromatic heterocycles. The minimum Gasteiger partial charge on any atom is -0.457 e. The molecule has 0 amide bonds. The van der Waals surface area contributed by atoms with Crippen LogP contribution in [0.2, 0.25) is 0 Å². The van der Waals surface area contributed by atoms with Crippen molar-refractivity contribution in [3.63, 3.8) is 0 Å². The molecule has 9 aromatic carbocycles. The number of aromatic nitrogens is 3. The van der Waals surface area contributed by atoms with Crippen molar-refractivity contribution in [2.24, 2.45) is 0 Å². The molecule has 0 spiro atoms. The van der Waals surface area contributed by atoms with Gasteiger partial charge in [0, 0.05) is 27.8 Å². The minimum absolute atomic E-state index is 0.572. The van der Waals surface area contributed by atoms with Crippen molar-refractivity contribution in [1.82, 2.24) is 15.0 Å².